The monoisotopic (exact) mass is 402 g/mol. The second-order valence-corrected chi connectivity index (χ2v) is 8.08. The van der Waals surface area contributed by atoms with E-state index in [0.717, 1.165) is 22.0 Å². The summed E-state index contributed by atoms with van der Waals surface area (Å²) >= 11 is 0. The van der Waals surface area contributed by atoms with Gasteiger partial charge >= 0.3 is 6.16 Å². The van der Waals surface area contributed by atoms with Crippen LogP contribution in [-0.4, -0.2) is 29.7 Å². The Morgan fingerprint density at radius 1 is 1.17 bits per heavy atom. The predicted octanol–water partition coefficient (Wildman–Crippen LogP) is 5.51. The Kier molecular flexibility index (Phi) is 3.84. The van der Waals surface area contributed by atoms with Gasteiger partial charge in [0, 0.05) is 17.6 Å². The minimum absolute atomic E-state index is 0.148. The molecule has 3 aromatic rings. The minimum Gasteiger partial charge on any atom is -0.455 e. The fourth-order valence-corrected chi connectivity index (χ4v) is 4.78. The molecule has 1 unspecified atom stereocenters. The number of fused-ring (bicyclic) bond motifs is 4. The Labute approximate surface area is 174 Å². The van der Waals surface area contributed by atoms with Crippen LogP contribution in [0, 0.1) is 0 Å². The van der Waals surface area contributed by atoms with E-state index in [1.807, 2.05) is 42.6 Å². The van der Waals surface area contributed by atoms with Crippen molar-refractivity contribution in [3.63, 3.8) is 0 Å². The fourth-order valence-electron chi connectivity index (χ4n) is 4.78. The molecule has 0 bridgehead atoms. The maximum absolute atomic E-state index is 11.4. The standard InChI is InChI=1S/C24H22N2O4/c1-4-26-18-12-8-7-11-17(18)23(2,3)24(26)14-25-20-16-10-6-5-9-15(16)13-19(21(20)30-24)29-22(27)28/h5-14H,4H2,1-3H3,(H,27,28). The van der Waals surface area contributed by atoms with Gasteiger partial charge in [-0.05, 0) is 43.9 Å². The zero-order valence-corrected chi connectivity index (χ0v) is 17.0. The van der Waals surface area contributed by atoms with Gasteiger partial charge in [0.25, 0.3) is 0 Å². The van der Waals surface area contributed by atoms with E-state index in [1.54, 1.807) is 6.07 Å². The van der Waals surface area contributed by atoms with Crippen LogP contribution in [0.15, 0.2) is 59.6 Å². The molecule has 3 aromatic carbocycles. The SMILES string of the molecule is CCN1c2ccccc2C(C)(C)C12C=Nc1c(c(OC(=O)O)cc3ccccc13)O2. The number of carboxylic acid groups (broad SMARTS) is 1. The predicted molar refractivity (Wildman–Crippen MR) is 117 cm³/mol. The van der Waals surface area contributed by atoms with Gasteiger partial charge in [0.05, 0.1) is 11.6 Å². The van der Waals surface area contributed by atoms with E-state index in [9.17, 15) is 9.90 Å². The molecule has 2 aliphatic rings. The molecule has 30 heavy (non-hydrogen) atoms. The number of hydrogen-bond donors (Lipinski definition) is 1. The van der Waals surface area contributed by atoms with Crippen molar-refractivity contribution in [3.8, 4) is 11.5 Å². The summed E-state index contributed by atoms with van der Waals surface area (Å²) in [4.78, 5) is 18.4. The van der Waals surface area contributed by atoms with Crippen molar-refractivity contribution in [1.82, 2.24) is 0 Å². The van der Waals surface area contributed by atoms with Gasteiger partial charge in [0.2, 0.25) is 5.72 Å². The zero-order chi connectivity index (χ0) is 21.1. The largest absolute Gasteiger partial charge is 0.511 e. The average Bonchev–Trinajstić information content (AvgIpc) is 2.91. The lowest BCUT2D eigenvalue weighted by Gasteiger charge is -2.46. The van der Waals surface area contributed by atoms with E-state index in [2.05, 4.69) is 37.8 Å². The molecule has 0 aromatic heterocycles. The second kappa shape index (κ2) is 6.23. The summed E-state index contributed by atoms with van der Waals surface area (Å²) in [5, 5.41) is 11.0. The normalized spacial score (nSPS) is 20.7. The first kappa shape index (κ1) is 18.5. The Balaban J connectivity index is 1.76. The summed E-state index contributed by atoms with van der Waals surface area (Å²) in [6.45, 7) is 7.01. The minimum atomic E-state index is -1.39. The summed E-state index contributed by atoms with van der Waals surface area (Å²) in [7, 11) is 0. The zero-order valence-electron chi connectivity index (χ0n) is 17.0. The van der Waals surface area contributed by atoms with E-state index in [1.165, 1.54) is 0 Å². The first-order valence-corrected chi connectivity index (χ1v) is 9.97. The Bertz CT molecular complexity index is 1220. The molecular weight excluding hydrogens is 380 g/mol. The number of likely N-dealkylation sites (N-methyl/N-ethyl adjacent to an activating group) is 1. The van der Waals surface area contributed by atoms with Crippen LogP contribution in [0.25, 0.3) is 10.8 Å². The second-order valence-electron chi connectivity index (χ2n) is 8.08. The molecule has 0 saturated heterocycles. The summed E-state index contributed by atoms with van der Waals surface area (Å²) in [6, 6.07) is 17.6. The fraction of sp³-hybridized carbons (Fsp3) is 0.250. The first-order valence-electron chi connectivity index (χ1n) is 9.97. The summed E-state index contributed by atoms with van der Waals surface area (Å²) in [5.41, 5.74) is 1.48. The first-order chi connectivity index (χ1) is 14.4. The number of carbonyl (C=O) groups is 1. The number of rotatable bonds is 2. The highest BCUT2D eigenvalue weighted by Crippen LogP contribution is 2.56. The highest BCUT2D eigenvalue weighted by molar-refractivity contribution is 6.02. The maximum Gasteiger partial charge on any atom is 0.511 e. The average molecular weight is 402 g/mol. The van der Waals surface area contributed by atoms with Gasteiger partial charge in [0.15, 0.2) is 11.5 Å². The van der Waals surface area contributed by atoms with Gasteiger partial charge in [-0.15, -0.1) is 0 Å². The third-order valence-electron chi connectivity index (χ3n) is 6.25. The highest BCUT2D eigenvalue weighted by Gasteiger charge is 2.59. The molecule has 1 atom stereocenters. The van der Waals surface area contributed by atoms with Gasteiger partial charge in [-0.2, -0.15) is 0 Å². The number of anilines is 1. The van der Waals surface area contributed by atoms with E-state index in [4.69, 9.17) is 14.5 Å². The van der Waals surface area contributed by atoms with Crippen molar-refractivity contribution in [3.05, 3.63) is 60.2 Å². The van der Waals surface area contributed by atoms with E-state index in [-0.39, 0.29) is 5.75 Å². The van der Waals surface area contributed by atoms with E-state index >= 15 is 0 Å². The molecule has 5 rings (SSSR count). The molecule has 1 spiro atoms. The number of aliphatic imine (C=N–C) groups is 1. The van der Waals surface area contributed by atoms with Crippen LogP contribution >= 0.6 is 0 Å². The van der Waals surface area contributed by atoms with Crippen LogP contribution in [-0.2, 0) is 5.41 Å². The summed E-state index contributed by atoms with van der Waals surface area (Å²) in [5.74, 6) is 0.494. The molecule has 0 radical (unpaired) electrons. The Morgan fingerprint density at radius 2 is 1.90 bits per heavy atom. The number of ether oxygens (including phenoxy) is 2. The maximum atomic E-state index is 11.4. The molecule has 2 heterocycles. The molecule has 152 valence electrons. The van der Waals surface area contributed by atoms with Crippen LogP contribution in [0.1, 0.15) is 26.3 Å². The molecule has 1 N–H and O–H groups in total. The smallest absolute Gasteiger partial charge is 0.455 e. The van der Waals surface area contributed by atoms with Crippen molar-refractivity contribution >= 4 is 34.5 Å². The van der Waals surface area contributed by atoms with Crippen LogP contribution in [0.2, 0.25) is 0 Å². The number of nitrogens with zero attached hydrogens (tertiary/aromatic N) is 2. The van der Waals surface area contributed by atoms with E-state index in [0.29, 0.717) is 18.0 Å². The Hall–Kier alpha value is -3.54. The quantitative estimate of drug-likeness (QED) is 0.452. The molecule has 6 nitrogen and oxygen atoms in total. The van der Waals surface area contributed by atoms with Crippen molar-refractivity contribution in [2.75, 3.05) is 11.4 Å². The summed E-state index contributed by atoms with van der Waals surface area (Å²) in [6.07, 6.45) is 0.469. The molecule has 0 fully saturated rings. The Morgan fingerprint density at radius 3 is 2.67 bits per heavy atom. The molecular formula is C24H22N2O4. The third-order valence-corrected chi connectivity index (χ3v) is 6.25. The highest BCUT2D eigenvalue weighted by atomic mass is 16.7. The van der Waals surface area contributed by atoms with Gasteiger partial charge in [-0.1, -0.05) is 42.5 Å². The van der Waals surface area contributed by atoms with Crippen molar-refractivity contribution in [1.29, 1.82) is 0 Å². The lowest BCUT2D eigenvalue weighted by Crippen LogP contribution is -2.62. The number of para-hydroxylation sites is 1. The van der Waals surface area contributed by atoms with Gasteiger partial charge in [0.1, 0.15) is 5.69 Å². The molecule has 0 saturated carbocycles. The molecule has 2 aliphatic heterocycles. The van der Waals surface area contributed by atoms with E-state index < -0.39 is 17.3 Å². The van der Waals surface area contributed by atoms with Gasteiger partial charge in [-0.3, -0.25) is 4.99 Å². The van der Waals surface area contributed by atoms with Crippen molar-refractivity contribution < 1.29 is 19.4 Å². The van der Waals surface area contributed by atoms with Crippen molar-refractivity contribution in [2.45, 2.75) is 31.9 Å². The third kappa shape index (κ3) is 2.30. The summed E-state index contributed by atoms with van der Waals surface area (Å²) < 4.78 is 11.8. The lowest BCUT2D eigenvalue weighted by atomic mass is 9.77. The number of benzene rings is 3. The van der Waals surface area contributed by atoms with Crippen LogP contribution in [0.3, 0.4) is 0 Å². The van der Waals surface area contributed by atoms with Crippen LogP contribution < -0.4 is 14.4 Å². The topological polar surface area (TPSA) is 71.4 Å². The van der Waals surface area contributed by atoms with Gasteiger partial charge < -0.3 is 19.5 Å². The number of hydrogen-bond acceptors (Lipinski definition) is 5. The van der Waals surface area contributed by atoms with Gasteiger partial charge in [-0.25, -0.2) is 4.79 Å². The lowest BCUT2D eigenvalue weighted by molar-refractivity contribution is 0.0738. The molecule has 0 amide bonds. The van der Waals surface area contributed by atoms with Crippen LogP contribution in [0.4, 0.5) is 16.2 Å². The molecule has 6 heteroatoms. The van der Waals surface area contributed by atoms with Crippen molar-refractivity contribution in [2.24, 2.45) is 4.99 Å². The van der Waals surface area contributed by atoms with Crippen LogP contribution in [0.5, 0.6) is 11.5 Å². The molecule has 0 aliphatic carbocycles.